The van der Waals surface area contributed by atoms with Crippen LogP contribution in [0.2, 0.25) is 0 Å². The first-order chi connectivity index (χ1) is 16.6. The monoisotopic (exact) mass is 453 g/mol. The number of nitrogens with zero attached hydrogens (tertiary/aromatic N) is 4. The standard InChI is InChI=1S/C27H27N5O2/c1-3-32-25-22(17-28-32)21(16-24(29-25)19-10-5-4-6-11-19)26(33)30-23-13-9-12-20(18(23)2)27(34)31-14-7-8-15-31/h4-6,9-13,16-17H,3,7-8,14-15H2,1-2H3,(H,30,33). The van der Waals surface area contributed by atoms with Crippen molar-refractivity contribution in [3.63, 3.8) is 0 Å². The van der Waals surface area contributed by atoms with Crippen molar-refractivity contribution in [3.05, 3.63) is 77.5 Å². The molecule has 1 N–H and O–H groups in total. The van der Waals surface area contributed by atoms with E-state index in [9.17, 15) is 9.59 Å². The van der Waals surface area contributed by atoms with Crippen LogP contribution in [0.5, 0.6) is 0 Å². The zero-order valence-electron chi connectivity index (χ0n) is 19.4. The van der Waals surface area contributed by atoms with Gasteiger partial charge in [-0.25, -0.2) is 9.67 Å². The van der Waals surface area contributed by atoms with Crippen LogP contribution in [-0.4, -0.2) is 44.6 Å². The predicted octanol–water partition coefficient (Wildman–Crippen LogP) is 4.91. The molecule has 5 rings (SSSR count). The highest BCUT2D eigenvalue weighted by Gasteiger charge is 2.23. The summed E-state index contributed by atoms with van der Waals surface area (Å²) in [6.07, 6.45) is 3.76. The number of likely N-dealkylation sites (tertiary alicyclic amines) is 1. The van der Waals surface area contributed by atoms with Gasteiger partial charge < -0.3 is 10.2 Å². The molecule has 1 aliphatic rings. The van der Waals surface area contributed by atoms with E-state index in [1.807, 2.05) is 73.3 Å². The second-order valence-corrected chi connectivity index (χ2v) is 8.55. The van der Waals surface area contributed by atoms with Gasteiger partial charge >= 0.3 is 0 Å². The molecule has 0 bridgehead atoms. The lowest BCUT2D eigenvalue weighted by Gasteiger charge is -2.18. The lowest BCUT2D eigenvalue weighted by atomic mass is 10.0. The first-order valence-corrected chi connectivity index (χ1v) is 11.7. The lowest BCUT2D eigenvalue weighted by Crippen LogP contribution is -2.28. The number of amides is 2. The minimum absolute atomic E-state index is 0.0213. The van der Waals surface area contributed by atoms with Crippen molar-refractivity contribution in [1.82, 2.24) is 19.7 Å². The van der Waals surface area contributed by atoms with Crippen LogP contribution >= 0.6 is 0 Å². The summed E-state index contributed by atoms with van der Waals surface area (Å²) >= 11 is 0. The molecule has 34 heavy (non-hydrogen) atoms. The van der Waals surface area contributed by atoms with Crippen LogP contribution in [0, 0.1) is 6.92 Å². The quantitative estimate of drug-likeness (QED) is 0.465. The zero-order chi connectivity index (χ0) is 23.7. The number of benzene rings is 2. The topological polar surface area (TPSA) is 80.1 Å². The Morgan fingerprint density at radius 2 is 1.76 bits per heavy atom. The number of aryl methyl sites for hydroxylation is 1. The molecule has 0 atom stereocenters. The summed E-state index contributed by atoms with van der Waals surface area (Å²) in [6, 6.07) is 17.1. The first kappa shape index (κ1) is 21.8. The number of carbonyl (C=O) groups excluding carboxylic acids is 2. The van der Waals surface area contributed by atoms with Gasteiger partial charge in [0.25, 0.3) is 11.8 Å². The highest BCUT2D eigenvalue weighted by atomic mass is 16.2. The Hall–Kier alpha value is -4.00. The highest BCUT2D eigenvalue weighted by Crippen LogP contribution is 2.27. The first-order valence-electron chi connectivity index (χ1n) is 11.7. The summed E-state index contributed by atoms with van der Waals surface area (Å²) in [4.78, 5) is 33.2. The largest absolute Gasteiger partial charge is 0.339 e. The molecule has 7 heteroatoms. The molecule has 172 valence electrons. The third-order valence-electron chi connectivity index (χ3n) is 6.43. The van der Waals surface area contributed by atoms with E-state index in [0.717, 1.165) is 37.1 Å². The number of hydrogen-bond donors (Lipinski definition) is 1. The third kappa shape index (κ3) is 3.94. The molecule has 1 fully saturated rings. The van der Waals surface area contributed by atoms with Crippen molar-refractivity contribution in [3.8, 4) is 11.3 Å². The molecule has 3 heterocycles. The molecule has 4 aromatic rings. The van der Waals surface area contributed by atoms with Crippen LogP contribution in [0.3, 0.4) is 0 Å². The maximum Gasteiger partial charge on any atom is 0.256 e. The number of fused-ring (bicyclic) bond motifs is 1. The number of hydrogen-bond acceptors (Lipinski definition) is 4. The smallest absolute Gasteiger partial charge is 0.256 e. The van der Waals surface area contributed by atoms with Gasteiger partial charge in [-0.3, -0.25) is 9.59 Å². The molecule has 2 aromatic heterocycles. The molecule has 2 aromatic carbocycles. The number of aromatic nitrogens is 3. The van der Waals surface area contributed by atoms with E-state index in [1.165, 1.54) is 0 Å². The summed E-state index contributed by atoms with van der Waals surface area (Å²) in [5.41, 5.74) is 4.83. The molecular weight excluding hydrogens is 426 g/mol. The van der Waals surface area contributed by atoms with Gasteiger partial charge in [0.1, 0.15) is 0 Å². The van der Waals surface area contributed by atoms with Crippen LogP contribution in [0.4, 0.5) is 5.69 Å². The van der Waals surface area contributed by atoms with Crippen molar-refractivity contribution in [2.75, 3.05) is 18.4 Å². The minimum Gasteiger partial charge on any atom is -0.339 e. The van der Waals surface area contributed by atoms with E-state index < -0.39 is 0 Å². The highest BCUT2D eigenvalue weighted by molar-refractivity contribution is 6.13. The Morgan fingerprint density at radius 3 is 2.50 bits per heavy atom. The molecule has 0 radical (unpaired) electrons. The SMILES string of the molecule is CCn1ncc2c(C(=O)Nc3cccc(C(=O)N4CCCC4)c3C)cc(-c3ccccc3)nc21. The van der Waals surface area contributed by atoms with Crippen molar-refractivity contribution in [1.29, 1.82) is 0 Å². The average molecular weight is 454 g/mol. The van der Waals surface area contributed by atoms with Crippen LogP contribution in [-0.2, 0) is 6.54 Å². The predicted molar refractivity (Wildman–Crippen MR) is 133 cm³/mol. The van der Waals surface area contributed by atoms with E-state index in [1.54, 1.807) is 10.9 Å². The molecule has 0 saturated carbocycles. The molecule has 7 nitrogen and oxygen atoms in total. The van der Waals surface area contributed by atoms with Crippen molar-refractivity contribution >= 4 is 28.5 Å². The molecular formula is C27H27N5O2. The van der Waals surface area contributed by atoms with Gasteiger partial charge in [0, 0.05) is 36.4 Å². The van der Waals surface area contributed by atoms with Crippen molar-refractivity contribution in [2.45, 2.75) is 33.2 Å². The average Bonchev–Trinajstić information content (AvgIpc) is 3.55. The molecule has 0 unspecified atom stereocenters. The molecule has 1 saturated heterocycles. The maximum absolute atomic E-state index is 13.5. The summed E-state index contributed by atoms with van der Waals surface area (Å²) in [5.74, 6) is -0.234. The number of nitrogens with one attached hydrogen (secondary N) is 1. The number of carbonyl (C=O) groups is 2. The zero-order valence-corrected chi connectivity index (χ0v) is 19.4. The van der Waals surface area contributed by atoms with Crippen LogP contribution in [0.25, 0.3) is 22.3 Å². The van der Waals surface area contributed by atoms with Crippen LogP contribution in [0.15, 0.2) is 60.8 Å². The van der Waals surface area contributed by atoms with Gasteiger partial charge in [0.15, 0.2) is 5.65 Å². The summed E-state index contributed by atoms with van der Waals surface area (Å²) < 4.78 is 1.79. The second-order valence-electron chi connectivity index (χ2n) is 8.55. The Bertz CT molecular complexity index is 1370. The van der Waals surface area contributed by atoms with E-state index >= 15 is 0 Å². The summed E-state index contributed by atoms with van der Waals surface area (Å²) in [7, 11) is 0. The fourth-order valence-corrected chi connectivity index (χ4v) is 4.51. The van der Waals surface area contributed by atoms with Crippen molar-refractivity contribution in [2.24, 2.45) is 0 Å². The molecule has 2 amide bonds. The van der Waals surface area contributed by atoms with Gasteiger partial charge in [-0.15, -0.1) is 0 Å². The Morgan fingerprint density at radius 1 is 1.00 bits per heavy atom. The van der Waals surface area contributed by atoms with E-state index in [-0.39, 0.29) is 11.8 Å². The van der Waals surface area contributed by atoms with Gasteiger partial charge in [-0.05, 0) is 50.5 Å². The van der Waals surface area contributed by atoms with Crippen LogP contribution < -0.4 is 5.32 Å². The Labute approximate surface area is 198 Å². The van der Waals surface area contributed by atoms with Gasteiger partial charge in [-0.2, -0.15) is 5.10 Å². The summed E-state index contributed by atoms with van der Waals surface area (Å²) in [6.45, 7) is 6.09. The van der Waals surface area contributed by atoms with Crippen LogP contribution in [0.1, 0.15) is 46.0 Å². The summed E-state index contributed by atoms with van der Waals surface area (Å²) in [5, 5.41) is 8.15. The fourth-order valence-electron chi connectivity index (χ4n) is 4.51. The number of anilines is 1. The third-order valence-corrected chi connectivity index (χ3v) is 6.43. The molecule has 0 aliphatic carbocycles. The normalized spacial score (nSPS) is 13.4. The number of rotatable bonds is 5. The maximum atomic E-state index is 13.5. The molecule has 1 aliphatic heterocycles. The van der Waals surface area contributed by atoms with E-state index in [0.29, 0.717) is 40.1 Å². The van der Waals surface area contributed by atoms with E-state index in [2.05, 4.69) is 10.4 Å². The lowest BCUT2D eigenvalue weighted by molar-refractivity contribution is 0.0791. The van der Waals surface area contributed by atoms with E-state index in [4.69, 9.17) is 4.98 Å². The Kier molecular flexibility index (Phi) is 5.84. The fraction of sp³-hybridized carbons (Fsp3) is 0.259. The minimum atomic E-state index is -0.255. The second kappa shape index (κ2) is 9.09. The van der Waals surface area contributed by atoms with Crippen molar-refractivity contribution < 1.29 is 9.59 Å². The van der Waals surface area contributed by atoms with Gasteiger partial charge in [0.05, 0.1) is 22.8 Å². The number of pyridine rings is 1. The Balaban J connectivity index is 1.52. The van der Waals surface area contributed by atoms with Gasteiger partial charge in [-0.1, -0.05) is 36.4 Å². The van der Waals surface area contributed by atoms with Gasteiger partial charge in [0.2, 0.25) is 0 Å². The molecule has 0 spiro atoms.